The summed E-state index contributed by atoms with van der Waals surface area (Å²) >= 11 is 0. The van der Waals surface area contributed by atoms with Crippen LogP contribution in [0.2, 0.25) is 0 Å². The van der Waals surface area contributed by atoms with Crippen molar-refractivity contribution in [3.05, 3.63) is 77.6 Å². The number of fused-ring (bicyclic) bond motifs is 2. The standard InChI is InChI=1S/C19H24N6O2.C17H25N7O3/c1-22-16-15(17(26)23(2)19(22)27)25(13-14-7-4-3-5-8-14)18(21-16)24-11-6-9-20-10-12-24;1-20-14-13(15(26)21(2)17(20)27)24(11-12(25)22-7-3-4-8-22)16(19-14)23-9-5-18-6-10-23/h3-5,7-8,20H,6,9-13H2,1-2H3;18H,3-11H2,1-2H3. The molecule has 1 amide bonds. The van der Waals surface area contributed by atoms with Gasteiger partial charge in [-0.15, -0.1) is 0 Å². The molecule has 3 aliphatic heterocycles. The maximum absolute atomic E-state index is 12.9. The van der Waals surface area contributed by atoms with Crippen molar-refractivity contribution in [1.29, 1.82) is 0 Å². The van der Waals surface area contributed by atoms with Gasteiger partial charge in [-0.05, 0) is 31.4 Å². The van der Waals surface area contributed by atoms with Crippen molar-refractivity contribution in [3.63, 3.8) is 0 Å². The molecule has 2 N–H and O–H groups in total. The summed E-state index contributed by atoms with van der Waals surface area (Å²) in [5.74, 6) is 1.31. The summed E-state index contributed by atoms with van der Waals surface area (Å²) in [7, 11) is 6.23. The van der Waals surface area contributed by atoms with Crippen LogP contribution in [-0.4, -0.2) is 114 Å². The first kappa shape index (κ1) is 36.9. The summed E-state index contributed by atoms with van der Waals surface area (Å²) in [5.41, 5.74) is 1.11. The minimum atomic E-state index is -0.421. The van der Waals surface area contributed by atoms with Gasteiger partial charge >= 0.3 is 11.4 Å². The van der Waals surface area contributed by atoms with E-state index in [0.29, 0.717) is 34.8 Å². The van der Waals surface area contributed by atoms with Crippen molar-refractivity contribution < 1.29 is 4.79 Å². The number of rotatable bonds is 6. The third-order valence-corrected chi connectivity index (χ3v) is 10.6. The predicted octanol–water partition coefficient (Wildman–Crippen LogP) is -1.25. The van der Waals surface area contributed by atoms with Crippen molar-refractivity contribution >= 4 is 40.1 Å². The number of carbonyl (C=O) groups is 1. The van der Waals surface area contributed by atoms with Gasteiger partial charge < -0.3 is 25.3 Å². The van der Waals surface area contributed by atoms with Crippen LogP contribution in [0.4, 0.5) is 11.9 Å². The smallest absolute Gasteiger partial charge is 0.332 e. The molecule has 0 saturated carbocycles. The Bertz CT molecular complexity index is 2400. The summed E-state index contributed by atoms with van der Waals surface area (Å²) in [6.45, 7) is 8.68. The van der Waals surface area contributed by atoms with Gasteiger partial charge in [-0.3, -0.25) is 41.8 Å². The fourth-order valence-electron chi connectivity index (χ4n) is 7.53. The Hall–Kier alpha value is -5.49. The minimum Gasteiger partial charge on any atom is -0.341 e. The molecule has 54 heavy (non-hydrogen) atoms. The molecule has 5 aromatic rings. The lowest BCUT2D eigenvalue weighted by Gasteiger charge is -2.29. The molecule has 1 aromatic carbocycles. The Morgan fingerprint density at radius 3 is 1.69 bits per heavy atom. The van der Waals surface area contributed by atoms with Gasteiger partial charge in [0.15, 0.2) is 22.3 Å². The van der Waals surface area contributed by atoms with E-state index in [2.05, 4.69) is 25.4 Å². The zero-order chi connectivity index (χ0) is 38.1. The summed E-state index contributed by atoms with van der Waals surface area (Å²) in [6, 6.07) is 10.0. The number of carbonyl (C=O) groups excluding carboxylic acids is 1. The highest BCUT2D eigenvalue weighted by Gasteiger charge is 2.28. The Kier molecular flexibility index (Phi) is 10.6. The third kappa shape index (κ3) is 6.86. The third-order valence-electron chi connectivity index (χ3n) is 10.6. The molecular formula is C36H49N13O5. The number of anilines is 2. The lowest BCUT2D eigenvalue weighted by atomic mass is 10.2. The summed E-state index contributed by atoms with van der Waals surface area (Å²) < 4.78 is 8.71. The molecule has 4 aromatic heterocycles. The van der Waals surface area contributed by atoms with Crippen LogP contribution >= 0.6 is 0 Å². The van der Waals surface area contributed by atoms with E-state index < -0.39 is 11.2 Å². The van der Waals surface area contributed by atoms with Gasteiger partial charge in [-0.1, -0.05) is 30.3 Å². The molecule has 0 bridgehead atoms. The zero-order valence-electron chi connectivity index (χ0n) is 31.5. The van der Waals surface area contributed by atoms with E-state index >= 15 is 0 Å². The van der Waals surface area contributed by atoms with Crippen molar-refractivity contribution in [2.45, 2.75) is 32.4 Å². The minimum absolute atomic E-state index is 0.0147. The Labute approximate surface area is 310 Å². The molecule has 3 fully saturated rings. The number of hydrogen-bond acceptors (Lipinski definition) is 11. The van der Waals surface area contributed by atoms with Crippen molar-refractivity contribution in [3.8, 4) is 0 Å². The van der Waals surface area contributed by atoms with Gasteiger partial charge in [-0.2, -0.15) is 9.97 Å². The number of amides is 1. The number of imidazole rings is 2. The van der Waals surface area contributed by atoms with Crippen LogP contribution in [0.15, 0.2) is 49.5 Å². The van der Waals surface area contributed by atoms with Crippen LogP contribution in [-0.2, 0) is 46.1 Å². The van der Waals surface area contributed by atoms with Crippen molar-refractivity contribution in [1.82, 2.24) is 52.9 Å². The molecule has 0 atom stereocenters. The second-order valence-electron chi connectivity index (χ2n) is 14.2. The fourth-order valence-corrected chi connectivity index (χ4v) is 7.53. The number of nitrogens with one attached hydrogen (secondary N) is 2. The number of aryl methyl sites for hydroxylation is 2. The maximum atomic E-state index is 12.9. The summed E-state index contributed by atoms with van der Waals surface area (Å²) in [5, 5.41) is 6.68. The maximum Gasteiger partial charge on any atom is 0.332 e. The van der Waals surface area contributed by atoms with Crippen LogP contribution in [0, 0.1) is 0 Å². The van der Waals surface area contributed by atoms with Crippen LogP contribution < -0.4 is 42.9 Å². The number of nitrogens with zero attached hydrogens (tertiary/aromatic N) is 11. The average Bonchev–Trinajstić information content (AvgIpc) is 3.90. The molecule has 18 nitrogen and oxygen atoms in total. The number of aromatic nitrogens is 8. The van der Waals surface area contributed by atoms with Crippen LogP contribution in [0.3, 0.4) is 0 Å². The van der Waals surface area contributed by atoms with E-state index in [1.54, 1.807) is 18.7 Å². The molecule has 0 spiro atoms. The Morgan fingerprint density at radius 1 is 0.611 bits per heavy atom. The quantitative estimate of drug-likeness (QED) is 0.213. The highest BCUT2D eigenvalue weighted by atomic mass is 16.2. The summed E-state index contributed by atoms with van der Waals surface area (Å²) in [6.07, 6.45) is 3.03. The molecule has 7 heterocycles. The molecular weight excluding hydrogens is 694 g/mol. The van der Waals surface area contributed by atoms with E-state index in [1.165, 1.54) is 23.2 Å². The molecule has 0 radical (unpaired) electrons. The molecule has 18 heteroatoms. The van der Waals surface area contributed by atoms with E-state index in [1.807, 2.05) is 39.8 Å². The van der Waals surface area contributed by atoms with Gasteiger partial charge in [0.1, 0.15) is 6.54 Å². The number of benzene rings is 1. The number of hydrogen-bond donors (Lipinski definition) is 2. The lowest BCUT2D eigenvalue weighted by Crippen LogP contribution is -2.45. The lowest BCUT2D eigenvalue weighted by molar-refractivity contribution is -0.130. The predicted molar refractivity (Wildman–Crippen MR) is 207 cm³/mol. The molecule has 0 aliphatic carbocycles. The van der Waals surface area contributed by atoms with Gasteiger partial charge in [0, 0.05) is 87.1 Å². The van der Waals surface area contributed by atoms with Crippen LogP contribution in [0.5, 0.6) is 0 Å². The first-order valence-electron chi connectivity index (χ1n) is 18.6. The van der Waals surface area contributed by atoms with E-state index in [9.17, 15) is 24.0 Å². The first-order valence-corrected chi connectivity index (χ1v) is 18.6. The van der Waals surface area contributed by atoms with Crippen LogP contribution in [0.1, 0.15) is 24.8 Å². The molecule has 0 unspecified atom stereocenters. The molecule has 288 valence electrons. The van der Waals surface area contributed by atoms with Crippen LogP contribution in [0.25, 0.3) is 22.3 Å². The number of piperazine rings is 1. The monoisotopic (exact) mass is 743 g/mol. The van der Waals surface area contributed by atoms with Crippen molar-refractivity contribution in [2.24, 2.45) is 28.2 Å². The van der Waals surface area contributed by atoms with Gasteiger partial charge in [-0.25, -0.2) is 9.59 Å². The Morgan fingerprint density at radius 2 is 1.11 bits per heavy atom. The highest BCUT2D eigenvalue weighted by molar-refractivity contribution is 5.81. The SMILES string of the molecule is Cn1c(=O)c2c(nc(N3CCCNCC3)n2Cc2ccccc2)n(C)c1=O.Cn1c(=O)c2c(nc(N3CCNCC3)n2CC(=O)N2CCCC2)n(C)c1=O. The largest absolute Gasteiger partial charge is 0.341 e. The molecule has 3 aliphatic rings. The van der Waals surface area contributed by atoms with Gasteiger partial charge in [0.25, 0.3) is 11.1 Å². The summed E-state index contributed by atoms with van der Waals surface area (Å²) in [4.78, 5) is 78.7. The van der Waals surface area contributed by atoms with Crippen molar-refractivity contribution in [2.75, 3.05) is 75.2 Å². The number of likely N-dealkylation sites (tertiary alicyclic amines) is 1. The highest BCUT2D eigenvalue weighted by Crippen LogP contribution is 2.23. The van der Waals surface area contributed by atoms with Gasteiger partial charge in [0.2, 0.25) is 17.8 Å². The second kappa shape index (κ2) is 15.5. The fraction of sp³-hybridized carbons (Fsp3) is 0.528. The average molecular weight is 744 g/mol. The molecule has 3 saturated heterocycles. The molecule has 8 rings (SSSR count). The van der Waals surface area contributed by atoms with Gasteiger partial charge in [0.05, 0.1) is 6.54 Å². The van der Waals surface area contributed by atoms with E-state index in [4.69, 9.17) is 4.98 Å². The first-order chi connectivity index (χ1) is 26.1. The van der Waals surface area contributed by atoms with E-state index in [0.717, 1.165) is 105 Å². The van der Waals surface area contributed by atoms with E-state index in [-0.39, 0.29) is 23.7 Å². The zero-order valence-corrected chi connectivity index (χ0v) is 31.5. The second-order valence-corrected chi connectivity index (χ2v) is 14.2. The normalized spacial score (nSPS) is 16.6. The topological polar surface area (TPSA) is 174 Å². The Balaban J connectivity index is 0.000000167.